The predicted molar refractivity (Wildman–Crippen MR) is 105 cm³/mol. The molecular weight excluding hydrogens is 364 g/mol. The Morgan fingerprint density at radius 2 is 1.59 bits per heavy atom. The second-order valence-electron chi connectivity index (χ2n) is 6.70. The Morgan fingerprint density at radius 3 is 2.15 bits per heavy atom. The Bertz CT molecular complexity index is 860. The van der Waals surface area contributed by atoms with Crippen molar-refractivity contribution in [3.63, 3.8) is 0 Å². The van der Waals surface area contributed by atoms with Gasteiger partial charge in [0.25, 0.3) is 5.91 Å². The molecule has 1 atom stereocenters. The fourth-order valence-corrected chi connectivity index (χ4v) is 3.34. The van der Waals surface area contributed by atoms with Crippen LogP contribution in [0, 0.1) is 6.92 Å². The van der Waals surface area contributed by atoms with Crippen LogP contribution in [0.5, 0.6) is 5.75 Å². The first-order valence-corrected chi connectivity index (χ1v) is 10.3. The van der Waals surface area contributed by atoms with Crippen LogP contribution in [0.2, 0.25) is 0 Å². The molecule has 2 aromatic carbocycles. The molecule has 2 rings (SSSR count). The summed E-state index contributed by atoms with van der Waals surface area (Å²) in [5.41, 5.74) is 2.00. The highest BCUT2D eigenvalue weighted by Crippen LogP contribution is 2.17. The minimum absolute atomic E-state index is 0.0238. The number of sulfonamides is 1. The van der Waals surface area contributed by atoms with Crippen molar-refractivity contribution in [2.45, 2.75) is 51.3 Å². The van der Waals surface area contributed by atoms with Crippen molar-refractivity contribution in [2.75, 3.05) is 0 Å². The lowest BCUT2D eigenvalue weighted by atomic mass is 10.2. The first-order valence-electron chi connectivity index (χ1n) is 8.79. The zero-order chi connectivity index (χ0) is 20.0. The molecule has 0 aromatic heterocycles. The van der Waals surface area contributed by atoms with Crippen LogP contribution in [0.25, 0.3) is 0 Å². The molecule has 6 nitrogen and oxygen atoms in total. The Balaban J connectivity index is 1.98. The maximum Gasteiger partial charge on any atom is 0.260 e. The largest absolute Gasteiger partial charge is 0.481 e. The molecule has 0 saturated carbocycles. The smallest absolute Gasteiger partial charge is 0.260 e. The van der Waals surface area contributed by atoms with Gasteiger partial charge in [0.15, 0.2) is 6.10 Å². The summed E-state index contributed by atoms with van der Waals surface area (Å²) >= 11 is 0. The molecule has 0 spiro atoms. The summed E-state index contributed by atoms with van der Waals surface area (Å²) in [7, 11) is -3.63. The van der Waals surface area contributed by atoms with E-state index in [0.29, 0.717) is 5.75 Å². The number of aryl methyl sites for hydroxylation is 1. The van der Waals surface area contributed by atoms with E-state index in [9.17, 15) is 13.2 Å². The zero-order valence-electron chi connectivity index (χ0n) is 16.0. The highest BCUT2D eigenvalue weighted by molar-refractivity contribution is 7.89. The van der Waals surface area contributed by atoms with Gasteiger partial charge in [-0.05, 0) is 57.5 Å². The van der Waals surface area contributed by atoms with Gasteiger partial charge in [0.05, 0.1) is 4.90 Å². The molecule has 27 heavy (non-hydrogen) atoms. The topological polar surface area (TPSA) is 84.5 Å². The first kappa shape index (κ1) is 20.9. The van der Waals surface area contributed by atoms with Crippen LogP contribution < -0.4 is 14.8 Å². The zero-order valence-corrected chi connectivity index (χ0v) is 16.8. The van der Waals surface area contributed by atoms with E-state index in [1.54, 1.807) is 19.1 Å². The molecule has 0 aliphatic rings. The molecule has 0 fully saturated rings. The van der Waals surface area contributed by atoms with Gasteiger partial charge in [0.1, 0.15) is 5.75 Å². The van der Waals surface area contributed by atoms with Gasteiger partial charge in [0, 0.05) is 12.6 Å². The van der Waals surface area contributed by atoms with Crippen LogP contribution in [0.15, 0.2) is 53.4 Å². The second kappa shape index (κ2) is 9.01. The van der Waals surface area contributed by atoms with Crippen molar-refractivity contribution in [3.8, 4) is 5.75 Å². The summed E-state index contributed by atoms with van der Waals surface area (Å²) in [4.78, 5) is 12.0. The molecule has 0 bridgehead atoms. The van der Waals surface area contributed by atoms with Crippen LogP contribution in [-0.4, -0.2) is 26.5 Å². The lowest BCUT2D eigenvalue weighted by Crippen LogP contribution is -2.40. The first-order chi connectivity index (χ1) is 12.7. The fraction of sp³-hybridized carbons (Fsp3) is 0.350. The molecule has 2 N–H and O–H groups in total. The maximum absolute atomic E-state index is 12.4. The van der Waals surface area contributed by atoms with Crippen LogP contribution in [0.3, 0.4) is 0 Å². The van der Waals surface area contributed by atoms with E-state index in [1.165, 1.54) is 12.1 Å². The summed E-state index contributed by atoms with van der Waals surface area (Å²) in [6.45, 7) is 7.57. The van der Waals surface area contributed by atoms with E-state index < -0.39 is 16.1 Å². The van der Waals surface area contributed by atoms with E-state index in [2.05, 4.69) is 10.0 Å². The molecule has 1 amide bonds. The minimum atomic E-state index is -3.63. The third kappa shape index (κ3) is 6.37. The van der Waals surface area contributed by atoms with Crippen LogP contribution in [0.1, 0.15) is 31.9 Å². The third-order valence-electron chi connectivity index (χ3n) is 3.83. The number of benzene rings is 2. The molecule has 146 valence electrons. The average molecular weight is 391 g/mol. The van der Waals surface area contributed by atoms with E-state index in [-0.39, 0.29) is 23.4 Å². The number of carbonyl (C=O) groups excluding carboxylic acids is 1. The normalized spacial score (nSPS) is 12.6. The van der Waals surface area contributed by atoms with E-state index >= 15 is 0 Å². The quantitative estimate of drug-likeness (QED) is 0.726. The number of amides is 1. The van der Waals surface area contributed by atoms with Crippen LogP contribution >= 0.6 is 0 Å². The van der Waals surface area contributed by atoms with Crippen molar-refractivity contribution in [1.29, 1.82) is 0 Å². The third-order valence-corrected chi connectivity index (χ3v) is 5.25. The van der Waals surface area contributed by atoms with Crippen molar-refractivity contribution in [3.05, 3.63) is 59.7 Å². The molecule has 0 aliphatic carbocycles. The van der Waals surface area contributed by atoms with Gasteiger partial charge in [-0.3, -0.25) is 4.79 Å². The monoisotopic (exact) mass is 390 g/mol. The van der Waals surface area contributed by atoms with Gasteiger partial charge >= 0.3 is 0 Å². The van der Waals surface area contributed by atoms with Gasteiger partial charge < -0.3 is 10.1 Å². The number of carbonyl (C=O) groups is 1. The van der Waals surface area contributed by atoms with E-state index in [1.807, 2.05) is 45.0 Å². The Labute approximate surface area is 161 Å². The molecule has 0 saturated heterocycles. The van der Waals surface area contributed by atoms with Crippen molar-refractivity contribution in [2.24, 2.45) is 0 Å². The maximum atomic E-state index is 12.4. The number of hydrogen-bond donors (Lipinski definition) is 2. The molecule has 0 heterocycles. The fourth-order valence-electron chi connectivity index (χ4n) is 2.32. The Kier molecular flexibility index (Phi) is 6.98. The summed E-state index contributed by atoms with van der Waals surface area (Å²) in [5, 5.41) is 2.76. The lowest BCUT2D eigenvalue weighted by Gasteiger charge is -2.16. The predicted octanol–water partition coefficient (Wildman–Crippen LogP) is 2.77. The van der Waals surface area contributed by atoms with Gasteiger partial charge in [-0.2, -0.15) is 0 Å². The van der Waals surface area contributed by atoms with Crippen LogP contribution in [-0.2, 0) is 21.4 Å². The standard InChI is InChI=1S/C20H26N2O4S/c1-14(2)22-20(23)16(4)26-18-9-11-19(12-10-18)27(24,25)21-13-17-7-5-15(3)6-8-17/h5-12,14,16,21H,13H2,1-4H3,(H,22,23)/t16-/m1/s1. The average Bonchev–Trinajstić information content (AvgIpc) is 2.61. The molecule has 0 radical (unpaired) electrons. The van der Waals surface area contributed by atoms with Crippen molar-refractivity contribution >= 4 is 15.9 Å². The SMILES string of the molecule is Cc1ccc(CNS(=O)(=O)c2ccc(O[C@H](C)C(=O)NC(C)C)cc2)cc1. The van der Waals surface area contributed by atoms with E-state index in [0.717, 1.165) is 11.1 Å². The highest BCUT2D eigenvalue weighted by Gasteiger charge is 2.17. The van der Waals surface area contributed by atoms with Gasteiger partial charge in [-0.1, -0.05) is 29.8 Å². The Morgan fingerprint density at radius 1 is 1.00 bits per heavy atom. The van der Waals surface area contributed by atoms with Gasteiger partial charge in [-0.25, -0.2) is 13.1 Å². The molecular formula is C20H26N2O4S. The number of ether oxygens (including phenoxy) is 1. The van der Waals surface area contributed by atoms with Crippen LogP contribution in [0.4, 0.5) is 0 Å². The van der Waals surface area contributed by atoms with Crippen molar-refractivity contribution < 1.29 is 17.9 Å². The van der Waals surface area contributed by atoms with Gasteiger partial charge in [0.2, 0.25) is 10.0 Å². The summed E-state index contributed by atoms with van der Waals surface area (Å²) in [6, 6.07) is 13.7. The molecule has 7 heteroatoms. The highest BCUT2D eigenvalue weighted by atomic mass is 32.2. The van der Waals surface area contributed by atoms with E-state index in [4.69, 9.17) is 4.74 Å². The summed E-state index contributed by atoms with van der Waals surface area (Å²) in [6.07, 6.45) is -0.672. The molecule has 0 aliphatic heterocycles. The second-order valence-corrected chi connectivity index (χ2v) is 8.47. The lowest BCUT2D eigenvalue weighted by molar-refractivity contribution is -0.127. The number of rotatable bonds is 8. The number of hydrogen-bond acceptors (Lipinski definition) is 4. The summed E-state index contributed by atoms with van der Waals surface area (Å²) < 4.78 is 33.0. The molecule has 2 aromatic rings. The Hall–Kier alpha value is -2.38. The number of nitrogens with one attached hydrogen (secondary N) is 2. The minimum Gasteiger partial charge on any atom is -0.481 e. The molecule has 0 unspecified atom stereocenters. The van der Waals surface area contributed by atoms with Gasteiger partial charge in [-0.15, -0.1) is 0 Å². The van der Waals surface area contributed by atoms with Crippen molar-refractivity contribution in [1.82, 2.24) is 10.0 Å². The summed E-state index contributed by atoms with van der Waals surface area (Å²) in [5.74, 6) is 0.209.